The highest BCUT2D eigenvalue weighted by Crippen LogP contribution is 2.46. The number of halogens is 2. The Bertz CT molecular complexity index is 1190. The number of pyridine rings is 1. The van der Waals surface area contributed by atoms with Crippen LogP contribution in [0.5, 0.6) is 0 Å². The largest absolute Gasteiger partial charge is 0.389 e. The first kappa shape index (κ1) is 26.9. The van der Waals surface area contributed by atoms with Crippen LogP contribution in [0.4, 0.5) is 14.6 Å². The van der Waals surface area contributed by atoms with Crippen molar-refractivity contribution in [3.05, 3.63) is 28.5 Å². The Hall–Kier alpha value is -2.66. The topological polar surface area (TPSA) is 107 Å². The summed E-state index contributed by atoms with van der Waals surface area (Å²) in [5, 5.41) is 16.0. The molecule has 1 aliphatic heterocycles. The second-order valence-electron chi connectivity index (χ2n) is 11.5. The van der Waals surface area contributed by atoms with Crippen LogP contribution in [0, 0.1) is 11.8 Å². The molecule has 38 heavy (non-hydrogen) atoms. The third kappa shape index (κ3) is 5.98. The maximum atomic E-state index is 14.4. The molecule has 2 aliphatic carbocycles. The number of carbonyl (C=O) groups excluding carboxylic acids is 2. The summed E-state index contributed by atoms with van der Waals surface area (Å²) < 4.78 is 28.8. The van der Waals surface area contributed by atoms with Crippen LogP contribution in [-0.2, 0) is 0 Å². The lowest BCUT2D eigenvalue weighted by Crippen LogP contribution is -2.38. The number of nitrogens with zero attached hydrogens (tertiary/aromatic N) is 3. The number of alkyl halides is 2. The molecular formula is C27H35F2N5O3S. The molecule has 0 unspecified atom stereocenters. The number of likely N-dealkylation sites (tertiary alicyclic amines) is 1. The lowest BCUT2D eigenvalue weighted by molar-refractivity contribution is 0.0692. The summed E-state index contributed by atoms with van der Waals surface area (Å²) in [6.45, 7) is 5.57. The zero-order valence-corrected chi connectivity index (χ0v) is 22.8. The molecule has 3 aliphatic rings. The van der Waals surface area contributed by atoms with Gasteiger partial charge in [0.05, 0.1) is 10.5 Å². The molecule has 0 radical (unpaired) electrons. The van der Waals surface area contributed by atoms with Crippen LogP contribution in [0.25, 0.3) is 10.4 Å². The molecule has 206 valence electrons. The van der Waals surface area contributed by atoms with Crippen molar-refractivity contribution in [1.29, 1.82) is 0 Å². The molecular weight excluding hydrogens is 512 g/mol. The summed E-state index contributed by atoms with van der Waals surface area (Å²) in [6, 6.07) is 1.62. The normalized spacial score (nSPS) is 19.9. The molecule has 11 heteroatoms. The molecule has 5 rings (SSSR count). The molecule has 0 bridgehead atoms. The summed E-state index contributed by atoms with van der Waals surface area (Å²) in [5.74, 6) is 0.581. The Labute approximate surface area is 225 Å². The fraction of sp³-hybridized carbons (Fsp3) is 0.630. The monoisotopic (exact) mass is 547 g/mol. The van der Waals surface area contributed by atoms with Gasteiger partial charge in [-0.05, 0) is 77.2 Å². The standard InChI is InChI=1S/C27H35F2N5O3S/c1-14-5-4-10-34(14)26(36)21-22(38-25(33-21)24(35)31-13-27(2,3)37)18-12-30-19(11-17(18)23(28)29)32-20(15-6-7-15)16-8-9-16/h11-12,14-16,20,23,37H,4-10,13H2,1-3H3,(H,30,32)(H,31,35)/t14-/m0/s1. The van der Waals surface area contributed by atoms with Crippen LogP contribution >= 0.6 is 11.3 Å². The third-order valence-electron chi connectivity index (χ3n) is 7.51. The number of rotatable bonds is 10. The molecule has 3 heterocycles. The Kier molecular flexibility index (Phi) is 7.43. The van der Waals surface area contributed by atoms with E-state index in [1.54, 1.807) is 18.7 Å². The molecule has 3 N–H and O–H groups in total. The SMILES string of the molecule is C[C@H]1CCCN1C(=O)c1nc(C(=O)NCC(C)(C)O)sc1-c1cnc(NC(C2CC2)C2CC2)cc1C(F)F. The van der Waals surface area contributed by atoms with E-state index in [0.29, 0.717) is 24.2 Å². The number of carbonyl (C=O) groups is 2. The predicted molar refractivity (Wildman–Crippen MR) is 142 cm³/mol. The highest BCUT2D eigenvalue weighted by molar-refractivity contribution is 7.17. The summed E-state index contributed by atoms with van der Waals surface area (Å²) in [4.78, 5) is 37.1. The lowest BCUT2D eigenvalue weighted by Gasteiger charge is -2.21. The van der Waals surface area contributed by atoms with Crippen molar-refractivity contribution >= 4 is 29.0 Å². The number of aliphatic hydroxyl groups is 1. The third-order valence-corrected chi connectivity index (χ3v) is 8.60. The molecule has 0 spiro atoms. The van der Waals surface area contributed by atoms with E-state index in [1.807, 2.05) is 6.92 Å². The Morgan fingerprint density at radius 3 is 2.45 bits per heavy atom. The van der Waals surface area contributed by atoms with Crippen molar-refractivity contribution in [1.82, 2.24) is 20.2 Å². The average Bonchev–Trinajstić information content (AvgIpc) is 3.80. The Balaban J connectivity index is 1.50. The number of amides is 2. The van der Waals surface area contributed by atoms with E-state index in [4.69, 9.17) is 0 Å². The molecule has 3 fully saturated rings. The van der Waals surface area contributed by atoms with E-state index in [9.17, 15) is 23.5 Å². The number of thiazole rings is 1. The second kappa shape index (κ2) is 10.5. The van der Waals surface area contributed by atoms with Crippen LogP contribution in [0.3, 0.4) is 0 Å². The summed E-state index contributed by atoms with van der Waals surface area (Å²) in [7, 11) is 0. The van der Waals surface area contributed by atoms with Crippen molar-refractivity contribution in [3.8, 4) is 10.4 Å². The van der Waals surface area contributed by atoms with Gasteiger partial charge in [0.1, 0.15) is 11.5 Å². The molecule has 2 aromatic heterocycles. The van der Waals surface area contributed by atoms with Gasteiger partial charge in [-0.1, -0.05) is 0 Å². The first-order valence-electron chi connectivity index (χ1n) is 13.4. The number of anilines is 1. The molecule has 8 nitrogen and oxygen atoms in total. The van der Waals surface area contributed by atoms with Crippen molar-refractivity contribution in [2.45, 2.75) is 83.4 Å². The number of nitrogens with one attached hydrogen (secondary N) is 2. The first-order valence-corrected chi connectivity index (χ1v) is 14.2. The van der Waals surface area contributed by atoms with Gasteiger partial charge in [0.25, 0.3) is 18.2 Å². The van der Waals surface area contributed by atoms with Crippen LogP contribution in [0.1, 0.15) is 91.6 Å². The van der Waals surface area contributed by atoms with Crippen molar-refractivity contribution in [2.75, 3.05) is 18.4 Å². The fourth-order valence-electron chi connectivity index (χ4n) is 5.11. The summed E-state index contributed by atoms with van der Waals surface area (Å²) >= 11 is 0.895. The van der Waals surface area contributed by atoms with Gasteiger partial charge in [-0.3, -0.25) is 9.59 Å². The van der Waals surface area contributed by atoms with Gasteiger partial charge in [-0.15, -0.1) is 11.3 Å². The van der Waals surface area contributed by atoms with Crippen molar-refractivity contribution in [3.63, 3.8) is 0 Å². The van der Waals surface area contributed by atoms with Gasteiger partial charge in [0, 0.05) is 42.5 Å². The van der Waals surface area contributed by atoms with E-state index in [-0.39, 0.29) is 51.2 Å². The van der Waals surface area contributed by atoms with E-state index < -0.39 is 17.9 Å². The van der Waals surface area contributed by atoms with Crippen molar-refractivity contribution in [2.24, 2.45) is 11.8 Å². The van der Waals surface area contributed by atoms with Gasteiger partial charge in [-0.2, -0.15) is 0 Å². The molecule has 0 aromatic carbocycles. The van der Waals surface area contributed by atoms with Gasteiger partial charge in [0.2, 0.25) is 0 Å². The molecule has 1 atom stereocenters. The van der Waals surface area contributed by atoms with Crippen molar-refractivity contribution < 1.29 is 23.5 Å². The summed E-state index contributed by atoms with van der Waals surface area (Å²) in [6.07, 6.45) is 4.84. The van der Waals surface area contributed by atoms with Crippen LogP contribution in [-0.4, -0.2) is 62.6 Å². The minimum absolute atomic E-state index is 0.00873. The van der Waals surface area contributed by atoms with Gasteiger partial charge < -0.3 is 20.6 Å². The zero-order chi connectivity index (χ0) is 27.2. The second-order valence-corrected chi connectivity index (χ2v) is 12.5. The van der Waals surface area contributed by atoms with E-state index in [2.05, 4.69) is 20.6 Å². The number of hydrogen-bond acceptors (Lipinski definition) is 7. The average molecular weight is 548 g/mol. The first-order chi connectivity index (χ1) is 18.0. The lowest BCUT2D eigenvalue weighted by atomic mass is 10.1. The van der Waals surface area contributed by atoms with Gasteiger partial charge in [-0.25, -0.2) is 18.7 Å². The van der Waals surface area contributed by atoms with E-state index in [1.165, 1.54) is 12.3 Å². The Morgan fingerprint density at radius 2 is 1.89 bits per heavy atom. The van der Waals surface area contributed by atoms with Gasteiger partial charge >= 0.3 is 0 Å². The highest BCUT2D eigenvalue weighted by atomic mass is 32.1. The molecule has 2 saturated carbocycles. The molecule has 2 amide bonds. The van der Waals surface area contributed by atoms with Crippen LogP contribution in [0.2, 0.25) is 0 Å². The van der Waals surface area contributed by atoms with Crippen LogP contribution < -0.4 is 10.6 Å². The number of hydrogen-bond donors (Lipinski definition) is 3. The highest BCUT2D eigenvalue weighted by Gasteiger charge is 2.42. The van der Waals surface area contributed by atoms with E-state index in [0.717, 1.165) is 49.9 Å². The van der Waals surface area contributed by atoms with E-state index >= 15 is 0 Å². The van der Waals surface area contributed by atoms with Gasteiger partial charge in [0.15, 0.2) is 5.01 Å². The fourth-order valence-corrected chi connectivity index (χ4v) is 6.12. The minimum atomic E-state index is -2.81. The quantitative estimate of drug-likeness (QED) is 0.392. The number of aromatic nitrogens is 2. The summed E-state index contributed by atoms with van der Waals surface area (Å²) in [5.41, 5.74) is -1.30. The predicted octanol–water partition coefficient (Wildman–Crippen LogP) is 4.87. The maximum absolute atomic E-state index is 14.4. The minimum Gasteiger partial charge on any atom is -0.389 e. The van der Waals surface area contributed by atoms with Crippen LogP contribution in [0.15, 0.2) is 12.3 Å². The smallest absolute Gasteiger partial charge is 0.280 e. The maximum Gasteiger partial charge on any atom is 0.280 e. The Morgan fingerprint density at radius 1 is 1.21 bits per heavy atom. The molecule has 1 saturated heterocycles. The molecule has 2 aromatic rings. The zero-order valence-electron chi connectivity index (χ0n) is 22.0.